The molecule has 0 atom stereocenters. The Hall–Kier alpha value is -1.88. The molecule has 9 rings (SSSR count). The van der Waals surface area contributed by atoms with Crippen LogP contribution in [0.1, 0.15) is 40.5 Å². The van der Waals surface area contributed by atoms with Gasteiger partial charge in [0.2, 0.25) is 0 Å². The molecular weight excluding hydrogens is 829 g/mol. The molecule has 0 bridgehead atoms. The standard InChI is InChI=1S/C26H18.C9H7.C5H5.2CH3.4ClH.2Zr/c1-5-13-21-17(9-1)18-10-2-6-14-22(18)25(21)26-23-15-7-3-11-19(23)20-12-4-8-16-24(20)26;1-2-5-9-7-3-6-8(9)4-1;1-2-4-5-3-1;;;;;;;;/h1-16,25-26H;1-7H;1-3H,4H2;2*1H3;4*1H;;/q;4*-1;;;;;+2;+3/p-4. The fraction of sp³-hybridized carbons (Fsp3) is 0.0714. The van der Waals surface area contributed by atoms with E-state index in [1.54, 1.807) is 0 Å². The third-order valence-corrected chi connectivity index (χ3v) is 8.23. The number of halogens is 4. The molecule has 3 aliphatic rings. The maximum Gasteiger partial charge on any atom is 3.00 e. The van der Waals surface area contributed by atoms with Gasteiger partial charge in [0.25, 0.3) is 0 Å². The summed E-state index contributed by atoms with van der Waals surface area (Å²) in [6.07, 6.45) is 10.0. The quantitative estimate of drug-likeness (QED) is 0.161. The van der Waals surface area contributed by atoms with E-state index in [-0.39, 0.29) is 65.9 Å². The smallest absolute Gasteiger partial charge is 0.168 e. The molecule has 0 heterocycles. The summed E-state index contributed by atoms with van der Waals surface area (Å²) in [5.74, 6) is 0.763. The first-order valence-electron chi connectivity index (χ1n) is 14.5. The Morgan fingerprint density at radius 1 is 0.562 bits per heavy atom. The SMILES string of the molecule is [C-]1=CC=CC1.[CH3-].[CH3-].[Cl-].[Cl-].[Cl][Zr][Cl].[Zr+3].c1ccc2[cH-]ccc2c1.c1ccc2c(c1)-c1ccccc1C2C1c2ccccc2-c2ccccc21. The van der Waals surface area contributed by atoms with Crippen LogP contribution in [0.15, 0.2) is 158 Å². The number of benzene rings is 5. The molecule has 6 aromatic rings. The van der Waals surface area contributed by atoms with Gasteiger partial charge in [0.05, 0.1) is 0 Å². The molecule has 6 heteroatoms. The zero-order valence-corrected chi connectivity index (χ0v) is 34.8. The summed E-state index contributed by atoms with van der Waals surface area (Å²) in [7, 11) is 9.87. The Bertz CT molecular complexity index is 1670. The van der Waals surface area contributed by atoms with Gasteiger partial charge in [-0.1, -0.05) is 103 Å². The first-order chi connectivity index (χ1) is 21.3. The minimum absolute atomic E-state index is 0. The van der Waals surface area contributed by atoms with Gasteiger partial charge in [-0.25, -0.2) is 12.2 Å². The summed E-state index contributed by atoms with van der Waals surface area (Å²) < 4.78 is 0. The van der Waals surface area contributed by atoms with Crippen molar-refractivity contribution < 1.29 is 71.9 Å². The van der Waals surface area contributed by atoms with Crippen LogP contribution in [0.3, 0.4) is 0 Å². The number of hydrogen-bond donors (Lipinski definition) is 0. The van der Waals surface area contributed by atoms with E-state index in [1.165, 1.54) is 55.3 Å². The normalized spacial score (nSPS) is 12.0. The molecule has 1 radical (unpaired) electrons. The van der Waals surface area contributed by atoms with Crippen molar-refractivity contribution in [1.29, 1.82) is 0 Å². The average molecular weight is 865 g/mol. The van der Waals surface area contributed by atoms with Crippen LogP contribution in [0.25, 0.3) is 33.0 Å². The fourth-order valence-electron chi connectivity index (χ4n) is 6.52. The summed E-state index contributed by atoms with van der Waals surface area (Å²) in [5, 5.41) is 2.66. The van der Waals surface area contributed by atoms with E-state index in [2.05, 4.69) is 152 Å². The second kappa shape index (κ2) is 22.0. The van der Waals surface area contributed by atoms with Gasteiger partial charge in [0, 0.05) is 11.8 Å². The number of allylic oxidation sites excluding steroid dienone is 4. The second-order valence-electron chi connectivity index (χ2n) is 10.5. The Balaban J connectivity index is 0.000000438. The summed E-state index contributed by atoms with van der Waals surface area (Å²) in [6.45, 7) is 0. The third-order valence-electron chi connectivity index (χ3n) is 8.23. The number of rotatable bonds is 1. The van der Waals surface area contributed by atoms with E-state index in [0.717, 1.165) is 6.42 Å². The molecule has 6 aromatic carbocycles. The Morgan fingerprint density at radius 2 is 0.938 bits per heavy atom. The summed E-state index contributed by atoms with van der Waals surface area (Å²) in [5.41, 5.74) is 11.4. The van der Waals surface area contributed by atoms with E-state index < -0.39 is 20.8 Å². The zero-order chi connectivity index (χ0) is 29.4. The van der Waals surface area contributed by atoms with Crippen molar-refractivity contribution in [3.05, 3.63) is 201 Å². The first-order valence-corrected chi connectivity index (χ1v) is 20.8. The topological polar surface area (TPSA) is 0 Å². The van der Waals surface area contributed by atoms with E-state index in [1.807, 2.05) is 12.2 Å². The van der Waals surface area contributed by atoms with Crippen LogP contribution in [0, 0.1) is 20.9 Å². The minimum atomic E-state index is -0.826. The monoisotopic (exact) mass is 860 g/mol. The molecule has 0 saturated heterocycles. The van der Waals surface area contributed by atoms with Crippen molar-refractivity contribution in [3.8, 4) is 22.3 Å². The molecule has 0 nitrogen and oxygen atoms in total. The third kappa shape index (κ3) is 9.67. The molecule has 0 amide bonds. The van der Waals surface area contributed by atoms with E-state index in [0.29, 0.717) is 11.8 Å². The maximum atomic E-state index is 4.93. The van der Waals surface area contributed by atoms with Gasteiger partial charge in [-0.15, -0.1) is 36.1 Å². The van der Waals surface area contributed by atoms with Crippen LogP contribution in [-0.4, -0.2) is 0 Å². The fourth-order valence-corrected chi connectivity index (χ4v) is 6.52. The first kappa shape index (κ1) is 44.1. The van der Waals surface area contributed by atoms with Crippen LogP contribution < -0.4 is 24.8 Å². The van der Waals surface area contributed by atoms with Gasteiger partial charge in [-0.05, 0) is 44.5 Å². The molecule has 3 aliphatic carbocycles. The molecule has 0 aromatic heterocycles. The largest absolute Gasteiger partial charge is 3.00 e. The van der Waals surface area contributed by atoms with Gasteiger partial charge in [-0.2, -0.15) is 23.6 Å². The van der Waals surface area contributed by atoms with Crippen LogP contribution in [0.4, 0.5) is 0 Å². The number of hydrogen-bond acceptors (Lipinski definition) is 0. The Kier molecular flexibility index (Phi) is 20.3. The van der Waals surface area contributed by atoms with Crippen LogP contribution in [-0.2, 0) is 47.1 Å². The molecule has 0 unspecified atom stereocenters. The van der Waals surface area contributed by atoms with Crippen LogP contribution in [0.5, 0.6) is 0 Å². The summed E-state index contributed by atoms with van der Waals surface area (Å²) >= 11 is -0.826. The summed E-state index contributed by atoms with van der Waals surface area (Å²) in [4.78, 5) is 0. The molecular formula is C42H36Cl4Zr2-3. The zero-order valence-electron chi connectivity index (χ0n) is 26.9. The van der Waals surface area contributed by atoms with Gasteiger partial charge in [0.15, 0.2) is 0 Å². The summed E-state index contributed by atoms with van der Waals surface area (Å²) in [6, 6.07) is 50.5. The van der Waals surface area contributed by atoms with Crippen molar-refractivity contribution in [2.24, 2.45) is 0 Å². The van der Waals surface area contributed by atoms with Gasteiger partial charge >= 0.3 is 64.1 Å². The van der Waals surface area contributed by atoms with Gasteiger partial charge in [0.1, 0.15) is 0 Å². The average Bonchev–Trinajstić information content (AvgIpc) is 3.88. The van der Waals surface area contributed by atoms with Crippen LogP contribution in [0.2, 0.25) is 0 Å². The molecule has 0 N–H and O–H groups in total. The molecule has 0 saturated carbocycles. The molecule has 0 aliphatic heterocycles. The van der Waals surface area contributed by atoms with Crippen molar-refractivity contribution in [2.45, 2.75) is 18.3 Å². The molecule has 243 valence electrons. The predicted molar refractivity (Wildman–Crippen MR) is 193 cm³/mol. The second-order valence-corrected chi connectivity index (χ2v) is 14.3. The minimum Gasteiger partial charge on any atom is -0.168 e. The van der Waals surface area contributed by atoms with Crippen molar-refractivity contribution >= 4 is 27.8 Å². The van der Waals surface area contributed by atoms with Crippen molar-refractivity contribution in [3.63, 3.8) is 0 Å². The van der Waals surface area contributed by atoms with Crippen molar-refractivity contribution in [2.75, 3.05) is 0 Å². The van der Waals surface area contributed by atoms with Gasteiger partial charge < -0.3 is 39.7 Å². The number of fused-ring (bicyclic) bond motifs is 7. The van der Waals surface area contributed by atoms with E-state index in [4.69, 9.17) is 17.0 Å². The van der Waals surface area contributed by atoms with E-state index >= 15 is 0 Å². The molecule has 48 heavy (non-hydrogen) atoms. The molecule has 0 fully saturated rings. The maximum absolute atomic E-state index is 4.93. The van der Waals surface area contributed by atoms with Crippen molar-refractivity contribution in [1.82, 2.24) is 0 Å². The van der Waals surface area contributed by atoms with Crippen LogP contribution >= 0.6 is 17.0 Å². The van der Waals surface area contributed by atoms with E-state index in [9.17, 15) is 0 Å². The molecule has 0 spiro atoms. The predicted octanol–water partition coefficient (Wildman–Crippen LogP) is 6.76. The Labute approximate surface area is 337 Å². The Morgan fingerprint density at radius 3 is 1.27 bits per heavy atom. The van der Waals surface area contributed by atoms with Gasteiger partial charge in [-0.3, -0.25) is 6.08 Å².